The minimum absolute atomic E-state index is 0.0777. The number of hydrogen-bond acceptors (Lipinski definition) is 6. The molecule has 0 amide bonds. The molecule has 1 saturated carbocycles. The number of rotatable bonds is 5. The van der Waals surface area contributed by atoms with Crippen molar-refractivity contribution in [3.63, 3.8) is 0 Å². The minimum Gasteiger partial charge on any atom is -0.506 e. The van der Waals surface area contributed by atoms with Gasteiger partial charge in [0.05, 0.1) is 33.9 Å². The molecule has 0 radical (unpaired) electrons. The summed E-state index contributed by atoms with van der Waals surface area (Å²) in [6.07, 6.45) is 4.65. The zero-order valence-electron chi connectivity index (χ0n) is 22.4. The van der Waals surface area contributed by atoms with E-state index < -0.39 is 17.0 Å². The number of aromatic hydroxyl groups is 1. The first-order valence-electron chi connectivity index (χ1n) is 13.2. The maximum atomic E-state index is 13.1. The van der Waals surface area contributed by atoms with Gasteiger partial charge in [-0.3, -0.25) is 14.9 Å². The van der Waals surface area contributed by atoms with E-state index >= 15 is 0 Å². The van der Waals surface area contributed by atoms with Crippen LogP contribution < -0.4 is 0 Å². The van der Waals surface area contributed by atoms with Crippen LogP contribution in [0.15, 0.2) is 30.6 Å². The number of pyridine rings is 2. The van der Waals surface area contributed by atoms with E-state index in [-0.39, 0.29) is 24.6 Å². The Morgan fingerprint density at radius 3 is 2.51 bits per heavy atom. The summed E-state index contributed by atoms with van der Waals surface area (Å²) in [5, 5.41) is 16.2. The number of Topliss-reactive ketones (excluding diaryl/α,β-unsaturated/α-hetero) is 1. The first kappa shape index (κ1) is 28.9. The molecule has 1 saturated heterocycles. The van der Waals surface area contributed by atoms with Gasteiger partial charge in [-0.1, -0.05) is 37.5 Å². The number of H-pyrrole nitrogens is 1. The van der Waals surface area contributed by atoms with Crippen LogP contribution in [-0.2, 0) is 16.6 Å². The number of thiocarbonyl (C=S) groups is 1. The molecule has 11 heteroatoms. The van der Waals surface area contributed by atoms with E-state index in [1.165, 1.54) is 13.1 Å². The van der Waals surface area contributed by atoms with Crippen molar-refractivity contribution in [2.45, 2.75) is 77.3 Å². The number of hydrogen-bond donors (Lipinski definition) is 2. The lowest BCUT2D eigenvalue weighted by Gasteiger charge is -2.50. The van der Waals surface area contributed by atoms with Crippen LogP contribution in [0.4, 0.5) is 13.2 Å². The smallest absolute Gasteiger partial charge is 0.397 e. The Hall–Kier alpha value is -3.08. The molecule has 0 aromatic carbocycles. The summed E-state index contributed by atoms with van der Waals surface area (Å²) in [6, 6.07) is 5.55. The van der Waals surface area contributed by atoms with Crippen LogP contribution in [0.5, 0.6) is 5.75 Å². The van der Waals surface area contributed by atoms with E-state index in [9.17, 15) is 18.0 Å². The summed E-state index contributed by atoms with van der Waals surface area (Å²) >= 11 is 5.43. The Bertz CT molecular complexity index is 1340. The quantitative estimate of drug-likeness (QED) is 0.370. The molecule has 3 aromatic heterocycles. The number of fused-ring (bicyclic) bond motifs is 1. The Morgan fingerprint density at radius 2 is 1.87 bits per heavy atom. The van der Waals surface area contributed by atoms with Gasteiger partial charge in [0, 0.05) is 30.6 Å². The Balaban J connectivity index is 0.000000292. The van der Waals surface area contributed by atoms with Crippen molar-refractivity contribution in [3.8, 4) is 5.75 Å². The molecule has 2 N–H and O–H groups in total. The Kier molecular flexibility index (Phi) is 8.30. The fourth-order valence-corrected chi connectivity index (χ4v) is 5.72. The molecule has 0 atom stereocenters. The number of halogens is 3. The summed E-state index contributed by atoms with van der Waals surface area (Å²) < 4.78 is 39.2. The predicted molar refractivity (Wildman–Crippen MR) is 147 cm³/mol. The number of aryl methyl sites for hydroxylation is 2. The van der Waals surface area contributed by atoms with E-state index in [1.807, 2.05) is 19.1 Å². The summed E-state index contributed by atoms with van der Waals surface area (Å²) in [5.41, 5.74) is 1.21. The number of ketones is 1. The maximum absolute atomic E-state index is 13.1. The molecule has 0 bridgehead atoms. The van der Waals surface area contributed by atoms with Crippen molar-refractivity contribution >= 4 is 34.0 Å². The molecule has 2 aliphatic rings. The number of aromatic nitrogens is 4. The Morgan fingerprint density at radius 1 is 1.18 bits per heavy atom. The van der Waals surface area contributed by atoms with Crippen LogP contribution in [-0.4, -0.2) is 60.2 Å². The third kappa shape index (κ3) is 6.08. The van der Waals surface area contributed by atoms with Gasteiger partial charge in [0.25, 0.3) is 0 Å². The number of nitrogens with zero attached hydrogens (tertiary/aromatic N) is 4. The number of alkyl halides is 3. The molecule has 210 valence electrons. The summed E-state index contributed by atoms with van der Waals surface area (Å²) in [7, 11) is 0. The van der Waals surface area contributed by atoms with Crippen molar-refractivity contribution in [2.75, 3.05) is 13.1 Å². The molecule has 4 heterocycles. The molecule has 2 fully saturated rings. The number of aromatic amines is 1. The Labute approximate surface area is 231 Å². The molecule has 1 aliphatic heterocycles. The molecule has 0 spiro atoms. The topological polar surface area (TPSA) is 95.0 Å². The van der Waals surface area contributed by atoms with Crippen LogP contribution in [0.3, 0.4) is 0 Å². The average Bonchev–Trinajstić information content (AvgIpc) is 3.33. The molecule has 1 aliphatic carbocycles. The van der Waals surface area contributed by atoms with Gasteiger partial charge in [-0.05, 0) is 57.7 Å². The monoisotopic (exact) mass is 561 g/mol. The molecule has 7 nitrogen and oxygen atoms in total. The fourth-order valence-electron chi connectivity index (χ4n) is 5.49. The highest BCUT2D eigenvalue weighted by molar-refractivity contribution is 7.80. The van der Waals surface area contributed by atoms with Crippen LogP contribution >= 0.6 is 12.2 Å². The normalized spacial score (nSPS) is 18.2. The largest absolute Gasteiger partial charge is 0.506 e. The van der Waals surface area contributed by atoms with Gasteiger partial charge in [-0.25, -0.2) is 4.98 Å². The molecule has 0 unspecified atom stereocenters. The zero-order valence-corrected chi connectivity index (χ0v) is 23.3. The highest BCUT2D eigenvalue weighted by atomic mass is 32.1. The number of carbonyl (C=O) groups excluding carboxylic acids is 1. The number of carbonyl (C=O) groups is 1. The first-order chi connectivity index (χ1) is 18.3. The molecule has 39 heavy (non-hydrogen) atoms. The van der Waals surface area contributed by atoms with Crippen molar-refractivity contribution in [2.24, 2.45) is 5.41 Å². The maximum Gasteiger partial charge on any atom is 0.397 e. The number of nitrogens with one attached hydrogen (secondary N) is 1. The van der Waals surface area contributed by atoms with Crippen molar-refractivity contribution in [1.29, 1.82) is 0 Å². The lowest BCUT2D eigenvalue weighted by Crippen LogP contribution is -2.63. The highest BCUT2D eigenvalue weighted by Crippen LogP contribution is 2.45. The van der Waals surface area contributed by atoms with Gasteiger partial charge in [-0.15, -0.1) is 0 Å². The lowest BCUT2D eigenvalue weighted by atomic mass is 9.67. The third-order valence-electron chi connectivity index (χ3n) is 7.95. The van der Waals surface area contributed by atoms with E-state index in [1.54, 1.807) is 24.1 Å². The fraction of sp³-hybridized carbons (Fsp3) is 0.536. The second-order valence-corrected chi connectivity index (χ2v) is 11.4. The van der Waals surface area contributed by atoms with Gasteiger partial charge >= 0.3 is 6.18 Å². The van der Waals surface area contributed by atoms with E-state index in [0.29, 0.717) is 23.5 Å². The molecule has 3 aromatic rings. The molecule has 5 rings (SSSR count). The minimum atomic E-state index is -4.21. The summed E-state index contributed by atoms with van der Waals surface area (Å²) in [6.45, 7) is 4.67. The van der Waals surface area contributed by atoms with Gasteiger partial charge in [-0.2, -0.15) is 18.3 Å². The van der Waals surface area contributed by atoms with Gasteiger partial charge in [0.2, 0.25) is 0 Å². The SMILES string of the molecule is CC(=O)C1(c2nc(C)ccc2CCC(=S)N2CC(C)(C(F)(F)F)C2)CCCCC1.Oc1cnc2[nH]ncc2c1. The van der Waals surface area contributed by atoms with E-state index in [2.05, 4.69) is 15.2 Å². The van der Waals surface area contributed by atoms with Crippen LogP contribution in [0.1, 0.15) is 69.3 Å². The van der Waals surface area contributed by atoms with Gasteiger partial charge < -0.3 is 10.0 Å². The zero-order chi connectivity index (χ0) is 28.4. The van der Waals surface area contributed by atoms with E-state index in [4.69, 9.17) is 22.3 Å². The molecular weight excluding hydrogens is 527 g/mol. The second kappa shape index (κ2) is 11.2. The summed E-state index contributed by atoms with van der Waals surface area (Å²) in [5.74, 6) is 0.316. The standard InChI is InChI=1S/C22H29F3N2OS.C6H5N3O/c1-15-7-8-17(19(26-15)21(16(2)28)11-5-4-6-12-21)9-10-18(29)27-13-20(3,14-27)22(23,24)25;10-5-1-4-2-8-9-6(4)7-3-5/h7-8H,4-6,9-14H2,1-3H3;1-3,10H,(H,7,8,9). The third-order valence-corrected chi connectivity index (χ3v) is 8.42. The van der Waals surface area contributed by atoms with Crippen molar-refractivity contribution < 1.29 is 23.1 Å². The number of likely N-dealkylation sites (tertiary alicyclic amines) is 1. The first-order valence-corrected chi connectivity index (χ1v) is 13.6. The highest BCUT2D eigenvalue weighted by Gasteiger charge is 2.58. The van der Waals surface area contributed by atoms with Crippen LogP contribution in [0.2, 0.25) is 0 Å². The van der Waals surface area contributed by atoms with E-state index in [0.717, 1.165) is 54.4 Å². The second-order valence-electron chi connectivity index (χ2n) is 11.0. The lowest BCUT2D eigenvalue weighted by molar-refractivity contribution is -0.250. The molecular formula is C28H34F3N5O2S. The van der Waals surface area contributed by atoms with Crippen molar-refractivity contribution in [1.82, 2.24) is 25.1 Å². The van der Waals surface area contributed by atoms with Gasteiger partial charge in [0.1, 0.15) is 11.5 Å². The van der Waals surface area contributed by atoms with Crippen LogP contribution in [0.25, 0.3) is 11.0 Å². The average molecular weight is 562 g/mol. The predicted octanol–water partition coefficient (Wildman–Crippen LogP) is 5.99. The van der Waals surface area contributed by atoms with Gasteiger partial charge in [0.15, 0.2) is 5.65 Å². The summed E-state index contributed by atoms with van der Waals surface area (Å²) in [4.78, 5) is 23.5. The van der Waals surface area contributed by atoms with Crippen LogP contribution in [0, 0.1) is 12.3 Å². The van der Waals surface area contributed by atoms with Crippen molar-refractivity contribution in [3.05, 3.63) is 47.5 Å².